The van der Waals surface area contributed by atoms with Gasteiger partial charge >= 0.3 is 5.97 Å². The molecular weight excluding hydrogens is 475 g/mol. The summed E-state index contributed by atoms with van der Waals surface area (Å²) in [6.45, 7) is 4.47. The quantitative estimate of drug-likeness (QED) is 0.347. The second kappa shape index (κ2) is 11.2. The Morgan fingerprint density at radius 3 is 2.69 bits per heavy atom. The maximum Gasteiger partial charge on any atom is 0.340 e. The van der Waals surface area contributed by atoms with E-state index >= 15 is 0 Å². The summed E-state index contributed by atoms with van der Waals surface area (Å²) < 4.78 is 29.7. The summed E-state index contributed by atoms with van der Waals surface area (Å²) in [7, 11) is 0. The number of hydrogen-bond acceptors (Lipinski definition) is 6. The van der Waals surface area contributed by atoms with Crippen LogP contribution in [0.1, 0.15) is 23.0 Å². The third-order valence-corrected chi connectivity index (χ3v) is 5.63. The van der Waals surface area contributed by atoms with Gasteiger partial charge in [0, 0.05) is 30.4 Å². The highest BCUT2D eigenvalue weighted by Gasteiger charge is 2.20. The zero-order valence-corrected chi connectivity index (χ0v) is 19.8. The number of anilines is 2. The van der Waals surface area contributed by atoms with Crippen molar-refractivity contribution in [3.63, 3.8) is 0 Å². The summed E-state index contributed by atoms with van der Waals surface area (Å²) in [6.07, 6.45) is 2.83. The van der Waals surface area contributed by atoms with Gasteiger partial charge in [0.25, 0.3) is 0 Å². The number of carbonyl (C=O) groups is 2. The van der Waals surface area contributed by atoms with Gasteiger partial charge in [-0.3, -0.25) is 4.79 Å². The molecule has 35 heavy (non-hydrogen) atoms. The number of benzene rings is 2. The molecule has 0 unspecified atom stereocenters. The summed E-state index contributed by atoms with van der Waals surface area (Å²) in [5.74, 6) is -0.440. The van der Waals surface area contributed by atoms with Crippen molar-refractivity contribution in [3.8, 4) is 11.3 Å². The Morgan fingerprint density at radius 2 is 1.94 bits per heavy atom. The molecule has 2 aromatic carbocycles. The Balaban J connectivity index is 1.46. The van der Waals surface area contributed by atoms with E-state index in [1.165, 1.54) is 24.3 Å². The van der Waals surface area contributed by atoms with Crippen molar-refractivity contribution in [2.24, 2.45) is 0 Å². The van der Waals surface area contributed by atoms with Crippen molar-refractivity contribution in [1.29, 1.82) is 0 Å². The van der Waals surface area contributed by atoms with E-state index < -0.39 is 17.7 Å². The van der Waals surface area contributed by atoms with Crippen LogP contribution in [0.15, 0.2) is 59.0 Å². The molecule has 1 fully saturated rings. The number of rotatable bonds is 7. The third kappa shape index (κ3) is 6.09. The van der Waals surface area contributed by atoms with Gasteiger partial charge in [-0.05, 0) is 61.5 Å². The van der Waals surface area contributed by atoms with Crippen LogP contribution < -0.4 is 10.2 Å². The van der Waals surface area contributed by atoms with Crippen molar-refractivity contribution in [1.82, 2.24) is 0 Å². The maximum absolute atomic E-state index is 13.4. The molecule has 0 spiro atoms. The molecule has 4 rings (SSSR count). The molecule has 182 valence electrons. The summed E-state index contributed by atoms with van der Waals surface area (Å²) >= 11 is 5.83. The first-order valence-electron chi connectivity index (χ1n) is 11.1. The molecule has 0 radical (unpaired) electrons. The molecule has 3 aromatic rings. The van der Waals surface area contributed by atoms with Crippen molar-refractivity contribution < 1.29 is 27.9 Å². The number of carbonyl (C=O) groups excluding carboxylic acids is 2. The Morgan fingerprint density at radius 1 is 1.14 bits per heavy atom. The molecule has 1 aromatic heterocycles. The van der Waals surface area contributed by atoms with Gasteiger partial charge in [-0.25, -0.2) is 9.18 Å². The monoisotopic (exact) mass is 498 g/mol. The molecule has 2 heterocycles. The number of furan rings is 1. The lowest BCUT2D eigenvalue weighted by Gasteiger charge is -2.30. The summed E-state index contributed by atoms with van der Waals surface area (Å²) in [6, 6.07) is 12.8. The molecule has 9 heteroatoms. The molecule has 0 saturated carbocycles. The van der Waals surface area contributed by atoms with Gasteiger partial charge in [0.05, 0.1) is 36.1 Å². The minimum Gasteiger partial charge on any atom is -0.462 e. The highest BCUT2D eigenvalue weighted by Crippen LogP contribution is 2.28. The summed E-state index contributed by atoms with van der Waals surface area (Å²) in [4.78, 5) is 27.1. The molecule has 7 nitrogen and oxygen atoms in total. The van der Waals surface area contributed by atoms with E-state index in [1.807, 2.05) is 0 Å². The van der Waals surface area contributed by atoms with Gasteiger partial charge < -0.3 is 24.1 Å². The number of halogens is 2. The molecule has 1 aliphatic heterocycles. The number of esters is 1. The highest BCUT2D eigenvalue weighted by molar-refractivity contribution is 6.31. The van der Waals surface area contributed by atoms with E-state index in [4.69, 9.17) is 25.5 Å². The van der Waals surface area contributed by atoms with Gasteiger partial charge in [-0.15, -0.1) is 0 Å². The van der Waals surface area contributed by atoms with E-state index in [-0.39, 0.29) is 11.6 Å². The molecular formula is C26H24ClFN2O5. The highest BCUT2D eigenvalue weighted by atomic mass is 35.5. The standard InChI is InChI=1S/C26H24ClFN2O5/c1-2-34-26(32)20-16-18(4-8-23(20)30-11-13-33-14-12-30)29-25(31)10-6-19-5-9-24(35-19)17-3-7-22(28)21(27)15-17/h3-10,15-16H,2,11-14H2,1H3,(H,29,31)/b10-6+. The van der Waals surface area contributed by atoms with Crippen LogP contribution in [0.4, 0.5) is 15.8 Å². The number of nitrogens with zero attached hydrogens (tertiary/aromatic N) is 1. The van der Waals surface area contributed by atoms with Crippen molar-refractivity contribution in [2.45, 2.75) is 6.92 Å². The summed E-state index contributed by atoms with van der Waals surface area (Å²) in [5.41, 5.74) is 2.20. The Bertz CT molecular complexity index is 1250. The van der Waals surface area contributed by atoms with Gasteiger partial charge in [0.2, 0.25) is 5.91 Å². The lowest BCUT2D eigenvalue weighted by Crippen LogP contribution is -2.37. The topological polar surface area (TPSA) is 81.0 Å². The smallest absolute Gasteiger partial charge is 0.340 e. The molecule has 1 N–H and O–H groups in total. The molecule has 0 bridgehead atoms. The predicted molar refractivity (Wildman–Crippen MR) is 132 cm³/mol. The second-order valence-electron chi connectivity index (χ2n) is 7.71. The van der Waals surface area contributed by atoms with Gasteiger partial charge in [0.1, 0.15) is 17.3 Å². The number of morpholine rings is 1. The number of ether oxygens (including phenoxy) is 2. The van der Waals surface area contributed by atoms with Crippen LogP contribution in [0.2, 0.25) is 5.02 Å². The zero-order valence-electron chi connectivity index (χ0n) is 19.1. The lowest BCUT2D eigenvalue weighted by molar-refractivity contribution is -0.111. The SMILES string of the molecule is CCOC(=O)c1cc(NC(=O)/C=C/c2ccc(-c3ccc(F)c(Cl)c3)o2)ccc1N1CCOCC1. The van der Waals surface area contributed by atoms with Gasteiger partial charge in [-0.2, -0.15) is 0 Å². The molecule has 0 aliphatic carbocycles. The Hall–Kier alpha value is -3.62. The van der Waals surface area contributed by atoms with E-state index in [1.54, 1.807) is 43.3 Å². The Labute approximate surface area is 207 Å². The van der Waals surface area contributed by atoms with E-state index in [0.29, 0.717) is 54.6 Å². The lowest BCUT2D eigenvalue weighted by atomic mass is 10.1. The fourth-order valence-electron chi connectivity index (χ4n) is 3.65. The first kappa shape index (κ1) is 24.5. The van der Waals surface area contributed by atoms with Crippen LogP contribution in [-0.4, -0.2) is 44.8 Å². The summed E-state index contributed by atoms with van der Waals surface area (Å²) in [5, 5.41) is 2.75. The van der Waals surface area contributed by atoms with Crippen LogP contribution in [0, 0.1) is 5.82 Å². The minimum atomic E-state index is -0.511. The first-order valence-corrected chi connectivity index (χ1v) is 11.5. The molecule has 1 aliphatic rings. The van der Waals surface area contributed by atoms with Crippen LogP contribution >= 0.6 is 11.6 Å². The maximum atomic E-state index is 13.4. The van der Waals surface area contributed by atoms with Crippen LogP contribution in [0.5, 0.6) is 0 Å². The van der Waals surface area contributed by atoms with Gasteiger partial charge in [0.15, 0.2) is 0 Å². The van der Waals surface area contributed by atoms with E-state index in [0.717, 1.165) is 5.69 Å². The minimum absolute atomic E-state index is 0.00260. The van der Waals surface area contributed by atoms with Crippen molar-refractivity contribution in [2.75, 3.05) is 43.1 Å². The van der Waals surface area contributed by atoms with Gasteiger partial charge in [-0.1, -0.05) is 11.6 Å². The number of hydrogen-bond donors (Lipinski definition) is 1. The average molecular weight is 499 g/mol. The molecule has 1 amide bonds. The largest absolute Gasteiger partial charge is 0.462 e. The fourth-order valence-corrected chi connectivity index (χ4v) is 3.84. The fraction of sp³-hybridized carbons (Fsp3) is 0.231. The third-order valence-electron chi connectivity index (χ3n) is 5.34. The van der Waals surface area contributed by atoms with Crippen molar-refractivity contribution >= 4 is 40.9 Å². The van der Waals surface area contributed by atoms with Crippen molar-refractivity contribution in [3.05, 3.63) is 76.8 Å². The molecule has 1 saturated heterocycles. The zero-order chi connectivity index (χ0) is 24.8. The normalized spacial score (nSPS) is 13.7. The molecule has 0 atom stereocenters. The average Bonchev–Trinajstić information content (AvgIpc) is 3.34. The first-order chi connectivity index (χ1) is 16.9. The van der Waals surface area contributed by atoms with E-state index in [2.05, 4.69) is 10.2 Å². The van der Waals surface area contributed by atoms with Crippen LogP contribution in [0.3, 0.4) is 0 Å². The van der Waals surface area contributed by atoms with Crippen LogP contribution in [-0.2, 0) is 14.3 Å². The predicted octanol–water partition coefficient (Wildman–Crippen LogP) is 5.40. The van der Waals surface area contributed by atoms with Crippen LogP contribution in [0.25, 0.3) is 17.4 Å². The van der Waals surface area contributed by atoms with E-state index in [9.17, 15) is 14.0 Å². The number of amides is 1. The number of nitrogens with one attached hydrogen (secondary N) is 1. The Kier molecular flexibility index (Phi) is 7.84. The second-order valence-corrected chi connectivity index (χ2v) is 8.11.